The minimum absolute atomic E-state index is 0.385. The quantitative estimate of drug-likeness (QED) is 0.543. The summed E-state index contributed by atoms with van der Waals surface area (Å²) in [5.41, 5.74) is 0. The van der Waals surface area contributed by atoms with Crippen molar-refractivity contribution in [3.63, 3.8) is 0 Å². The Hall–Kier alpha value is -0.730. The molecule has 1 heterocycles. The summed E-state index contributed by atoms with van der Waals surface area (Å²) in [5, 5.41) is 0. The molecule has 1 saturated carbocycles. The van der Waals surface area contributed by atoms with E-state index < -0.39 is 0 Å². The van der Waals surface area contributed by atoms with Crippen molar-refractivity contribution < 1.29 is 4.74 Å². The second-order valence-electron chi connectivity index (χ2n) is 3.81. The Morgan fingerprint density at radius 1 is 1.33 bits per heavy atom. The van der Waals surface area contributed by atoms with E-state index in [2.05, 4.69) is 4.99 Å². The Kier molecular flexibility index (Phi) is 1.95. The summed E-state index contributed by atoms with van der Waals surface area (Å²) in [5.74, 6) is 0. The minimum Gasteiger partial charge on any atom is -0.460 e. The van der Waals surface area contributed by atoms with Gasteiger partial charge in [0.25, 0.3) is 6.02 Å². The van der Waals surface area contributed by atoms with E-state index in [1.807, 2.05) is 19.0 Å². The number of amidine groups is 1. The first-order valence-corrected chi connectivity index (χ1v) is 4.69. The first-order valence-electron chi connectivity index (χ1n) is 4.69. The molecule has 0 saturated heterocycles. The largest absolute Gasteiger partial charge is 0.460 e. The highest BCUT2D eigenvalue weighted by atomic mass is 16.5. The molecule has 3 heteroatoms. The minimum atomic E-state index is 0.385. The fourth-order valence-corrected chi connectivity index (χ4v) is 1.89. The van der Waals surface area contributed by atoms with Crippen LogP contribution in [0.5, 0.6) is 0 Å². The third-order valence-corrected chi connectivity index (χ3v) is 2.58. The zero-order valence-electron chi connectivity index (χ0n) is 7.79. The molecule has 1 aliphatic heterocycles. The van der Waals surface area contributed by atoms with E-state index in [4.69, 9.17) is 4.74 Å². The van der Waals surface area contributed by atoms with Gasteiger partial charge in [-0.1, -0.05) is 6.42 Å². The lowest BCUT2D eigenvalue weighted by atomic mass is 9.94. The molecule has 0 aromatic heterocycles. The Balaban J connectivity index is 2.04. The summed E-state index contributed by atoms with van der Waals surface area (Å²) >= 11 is 0. The normalized spacial score (nSPS) is 33.7. The van der Waals surface area contributed by atoms with Gasteiger partial charge in [-0.2, -0.15) is 0 Å². The highest BCUT2D eigenvalue weighted by Crippen LogP contribution is 2.28. The number of hydrogen-bond acceptors (Lipinski definition) is 3. The average molecular weight is 168 g/mol. The Labute approximate surface area is 73.4 Å². The number of hydrogen-bond donors (Lipinski definition) is 0. The van der Waals surface area contributed by atoms with Crippen molar-refractivity contribution in [2.45, 2.75) is 37.8 Å². The molecule has 0 aromatic rings. The molecule has 3 nitrogen and oxygen atoms in total. The van der Waals surface area contributed by atoms with Crippen LogP contribution < -0.4 is 0 Å². The summed E-state index contributed by atoms with van der Waals surface area (Å²) in [6, 6.07) is 1.28. The van der Waals surface area contributed by atoms with Crippen molar-refractivity contribution in [3.8, 4) is 0 Å². The van der Waals surface area contributed by atoms with Crippen LogP contribution in [0, 0.1) is 0 Å². The molecule has 0 radical (unpaired) electrons. The van der Waals surface area contributed by atoms with E-state index in [0.717, 1.165) is 6.02 Å². The van der Waals surface area contributed by atoms with Crippen LogP contribution in [0.3, 0.4) is 0 Å². The van der Waals surface area contributed by atoms with Crippen molar-refractivity contribution in [3.05, 3.63) is 0 Å². The van der Waals surface area contributed by atoms with E-state index in [0.29, 0.717) is 12.1 Å². The van der Waals surface area contributed by atoms with Gasteiger partial charge in [0.15, 0.2) is 0 Å². The van der Waals surface area contributed by atoms with E-state index in [9.17, 15) is 0 Å². The predicted octanol–water partition coefficient (Wildman–Crippen LogP) is 1.25. The van der Waals surface area contributed by atoms with Crippen LogP contribution in [0.2, 0.25) is 0 Å². The standard InChI is InChI=1S/C9H16N2O/c1-11(2)9-10-7-5-3-4-6-8(7)12-9/h7-8H,3-6H2,1-2H3/t7-,8-/m0/s1. The highest BCUT2D eigenvalue weighted by Gasteiger charge is 2.33. The third kappa shape index (κ3) is 1.28. The summed E-state index contributed by atoms with van der Waals surface area (Å²) in [6.45, 7) is 0. The molecule has 0 unspecified atom stereocenters. The number of aliphatic imine (C=N–C) groups is 1. The van der Waals surface area contributed by atoms with Crippen molar-refractivity contribution in [2.24, 2.45) is 4.99 Å². The first kappa shape index (κ1) is 7.90. The number of fused-ring (bicyclic) bond motifs is 1. The fraction of sp³-hybridized carbons (Fsp3) is 0.889. The SMILES string of the molecule is CN(C)C1=N[C@H]2CCCC[C@@H]2O1. The molecule has 0 bridgehead atoms. The first-order chi connectivity index (χ1) is 5.77. The van der Waals surface area contributed by atoms with Crippen LogP contribution in [0.25, 0.3) is 0 Å². The van der Waals surface area contributed by atoms with Gasteiger partial charge in [0.1, 0.15) is 6.10 Å². The lowest BCUT2D eigenvalue weighted by molar-refractivity contribution is 0.137. The smallest absolute Gasteiger partial charge is 0.287 e. The lowest BCUT2D eigenvalue weighted by Gasteiger charge is -2.22. The summed E-state index contributed by atoms with van der Waals surface area (Å²) in [6.07, 6.45) is 5.40. The molecule has 1 fully saturated rings. The Morgan fingerprint density at radius 3 is 2.75 bits per heavy atom. The number of ether oxygens (including phenoxy) is 1. The van der Waals surface area contributed by atoms with Gasteiger partial charge in [-0.3, -0.25) is 0 Å². The lowest BCUT2D eigenvalue weighted by Crippen LogP contribution is -2.28. The fourth-order valence-electron chi connectivity index (χ4n) is 1.89. The highest BCUT2D eigenvalue weighted by molar-refractivity contribution is 5.75. The molecule has 0 N–H and O–H groups in total. The van der Waals surface area contributed by atoms with Gasteiger partial charge in [0, 0.05) is 14.1 Å². The van der Waals surface area contributed by atoms with Crippen LogP contribution in [0.15, 0.2) is 4.99 Å². The maximum Gasteiger partial charge on any atom is 0.287 e. The molecule has 0 amide bonds. The molecule has 0 spiro atoms. The second-order valence-corrected chi connectivity index (χ2v) is 3.81. The van der Waals surface area contributed by atoms with Crippen LogP contribution in [0.4, 0.5) is 0 Å². The van der Waals surface area contributed by atoms with Crippen LogP contribution >= 0.6 is 0 Å². The van der Waals surface area contributed by atoms with E-state index >= 15 is 0 Å². The molecule has 12 heavy (non-hydrogen) atoms. The summed E-state index contributed by atoms with van der Waals surface area (Å²) < 4.78 is 5.70. The van der Waals surface area contributed by atoms with Gasteiger partial charge in [-0.25, -0.2) is 4.99 Å². The third-order valence-electron chi connectivity index (χ3n) is 2.58. The van der Waals surface area contributed by atoms with Gasteiger partial charge in [-0.05, 0) is 19.3 Å². The number of rotatable bonds is 0. The van der Waals surface area contributed by atoms with Crippen molar-refractivity contribution in [2.75, 3.05) is 14.1 Å². The maximum absolute atomic E-state index is 5.70. The zero-order chi connectivity index (χ0) is 8.55. The monoisotopic (exact) mass is 168 g/mol. The molecule has 2 rings (SSSR count). The summed E-state index contributed by atoms with van der Waals surface area (Å²) in [7, 11) is 3.96. The van der Waals surface area contributed by atoms with Crippen LogP contribution in [-0.4, -0.2) is 37.2 Å². The molecular weight excluding hydrogens is 152 g/mol. The second kappa shape index (κ2) is 2.96. The van der Waals surface area contributed by atoms with Gasteiger partial charge in [0.05, 0.1) is 6.04 Å². The van der Waals surface area contributed by atoms with Gasteiger partial charge in [0.2, 0.25) is 0 Å². The van der Waals surface area contributed by atoms with Crippen molar-refractivity contribution in [1.82, 2.24) is 4.90 Å². The molecule has 1 aliphatic carbocycles. The predicted molar refractivity (Wildman–Crippen MR) is 48.3 cm³/mol. The molecule has 2 aliphatic rings. The van der Waals surface area contributed by atoms with E-state index in [1.165, 1.54) is 25.7 Å². The van der Waals surface area contributed by atoms with Gasteiger partial charge >= 0.3 is 0 Å². The Bertz CT molecular complexity index is 201. The van der Waals surface area contributed by atoms with E-state index in [1.54, 1.807) is 0 Å². The van der Waals surface area contributed by atoms with E-state index in [-0.39, 0.29) is 0 Å². The number of nitrogens with zero attached hydrogens (tertiary/aromatic N) is 2. The van der Waals surface area contributed by atoms with Gasteiger partial charge < -0.3 is 9.64 Å². The topological polar surface area (TPSA) is 24.8 Å². The van der Waals surface area contributed by atoms with Crippen molar-refractivity contribution in [1.29, 1.82) is 0 Å². The van der Waals surface area contributed by atoms with Crippen LogP contribution in [-0.2, 0) is 4.74 Å². The Morgan fingerprint density at radius 2 is 2.08 bits per heavy atom. The zero-order valence-corrected chi connectivity index (χ0v) is 7.79. The average Bonchev–Trinajstić information content (AvgIpc) is 2.46. The molecule has 2 atom stereocenters. The molecular formula is C9H16N2O. The van der Waals surface area contributed by atoms with Crippen molar-refractivity contribution >= 4 is 6.02 Å². The van der Waals surface area contributed by atoms with Crippen LogP contribution in [0.1, 0.15) is 25.7 Å². The summed E-state index contributed by atoms with van der Waals surface area (Å²) in [4.78, 5) is 6.49. The molecule has 68 valence electrons. The maximum atomic E-state index is 5.70. The molecule has 0 aromatic carbocycles. The van der Waals surface area contributed by atoms with Gasteiger partial charge in [-0.15, -0.1) is 0 Å².